The zero-order valence-electron chi connectivity index (χ0n) is 11.3. The van der Waals surface area contributed by atoms with E-state index in [9.17, 15) is 31.4 Å². The molecule has 1 N–H and O–H groups in total. The van der Waals surface area contributed by atoms with E-state index in [2.05, 4.69) is 0 Å². The molecule has 0 aromatic rings. The molecule has 2 bridgehead atoms. The molecule has 0 amide bonds. The van der Waals surface area contributed by atoms with Gasteiger partial charge in [0, 0.05) is 0 Å². The van der Waals surface area contributed by atoms with Crippen molar-refractivity contribution in [2.24, 2.45) is 23.2 Å². The van der Waals surface area contributed by atoms with Crippen molar-refractivity contribution in [3.8, 4) is 0 Å². The minimum absolute atomic E-state index is 0.124. The van der Waals surface area contributed by atoms with Crippen LogP contribution in [0.2, 0.25) is 0 Å². The van der Waals surface area contributed by atoms with E-state index in [0.29, 0.717) is 12.8 Å². The molecule has 0 spiro atoms. The summed E-state index contributed by atoms with van der Waals surface area (Å²) < 4.78 is 76.2. The Morgan fingerprint density at radius 1 is 1.05 bits per heavy atom. The van der Waals surface area contributed by atoms with Gasteiger partial charge >= 0.3 is 12.4 Å². The topological polar surface area (TPSA) is 20.2 Å². The SMILES string of the molecule is CCC1C2CC1(C)CC2CC(O)(C(F)(F)F)C(F)(F)F. The lowest BCUT2D eigenvalue weighted by atomic mass is 9.60. The molecule has 3 aliphatic rings. The maximum Gasteiger partial charge on any atom is 0.426 e. The average Bonchev–Trinajstić information content (AvgIpc) is 2.66. The molecule has 0 saturated heterocycles. The molecule has 0 radical (unpaired) electrons. The fourth-order valence-corrected chi connectivity index (χ4v) is 4.46. The second-order valence-corrected chi connectivity index (χ2v) is 6.56. The third kappa shape index (κ3) is 2.04. The number of fused-ring (bicyclic) bond motifs is 1. The van der Waals surface area contributed by atoms with Crippen LogP contribution in [0.25, 0.3) is 0 Å². The highest BCUT2D eigenvalue weighted by Gasteiger charge is 2.72. The first kappa shape index (κ1) is 15.9. The first-order valence-corrected chi connectivity index (χ1v) is 6.71. The van der Waals surface area contributed by atoms with E-state index in [1.165, 1.54) is 0 Å². The summed E-state index contributed by atoms with van der Waals surface area (Å²) >= 11 is 0. The Bertz CT molecular complexity index is 373. The fraction of sp³-hybridized carbons (Fsp3) is 1.00. The second-order valence-electron chi connectivity index (χ2n) is 6.56. The van der Waals surface area contributed by atoms with Crippen molar-refractivity contribution < 1.29 is 31.4 Å². The number of hydrogen-bond acceptors (Lipinski definition) is 1. The normalized spacial score (nSPS) is 38.0. The lowest BCUT2D eigenvalue weighted by Gasteiger charge is -2.46. The Kier molecular flexibility index (Phi) is 3.40. The summed E-state index contributed by atoms with van der Waals surface area (Å²) in [5, 5.41) is 9.27. The van der Waals surface area contributed by atoms with E-state index in [1.807, 2.05) is 13.8 Å². The summed E-state index contributed by atoms with van der Waals surface area (Å²) in [6.07, 6.45) is -10.9. The van der Waals surface area contributed by atoms with Gasteiger partial charge in [-0.3, -0.25) is 0 Å². The van der Waals surface area contributed by atoms with Crippen LogP contribution in [0, 0.1) is 23.2 Å². The van der Waals surface area contributed by atoms with Crippen molar-refractivity contribution in [3.63, 3.8) is 0 Å². The van der Waals surface area contributed by atoms with E-state index in [4.69, 9.17) is 0 Å². The highest BCUT2D eigenvalue weighted by atomic mass is 19.4. The molecule has 3 saturated carbocycles. The predicted octanol–water partition coefficient (Wildman–Crippen LogP) is 4.30. The summed E-state index contributed by atoms with van der Waals surface area (Å²) in [4.78, 5) is 0. The smallest absolute Gasteiger partial charge is 0.374 e. The van der Waals surface area contributed by atoms with Crippen molar-refractivity contribution in [3.05, 3.63) is 0 Å². The Morgan fingerprint density at radius 3 is 1.90 bits per heavy atom. The number of hydrogen-bond donors (Lipinski definition) is 1. The van der Waals surface area contributed by atoms with Crippen LogP contribution in [-0.2, 0) is 0 Å². The third-order valence-electron chi connectivity index (χ3n) is 5.38. The van der Waals surface area contributed by atoms with Crippen LogP contribution in [-0.4, -0.2) is 23.1 Å². The van der Waals surface area contributed by atoms with Gasteiger partial charge in [0.1, 0.15) is 0 Å². The van der Waals surface area contributed by atoms with Crippen LogP contribution in [0.4, 0.5) is 26.3 Å². The molecule has 3 fully saturated rings. The van der Waals surface area contributed by atoms with Gasteiger partial charge in [-0.05, 0) is 42.4 Å². The first-order valence-electron chi connectivity index (χ1n) is 6.71. The lowest BCUT2D eigenvalue weighted by molar-refractivity contribution is -0.373. The van der Waals surface area contributed by atoms with Gasteiger partial charge in [0.2, 0.25) is 0 Å². The van der Waals surface area contributed by atoms with Crippen LogP contribution < -0.4 is 0 Å². The molecule has 0 heterocycles. The van der Waals surface area contributed by atoms with Crippen molar-refractivity contribution in [1.82, 2.24) is 0 Å². The summed E-state index contributed by atoms with van der Waals surface area (Å²) in [7, 11) is 0. The van der Waals surface area contributed by atoms with Gasteiger partial charge in [-0.15, -0.1) is 0 Å². The van der Waals surface area contributed by atoms with Crippen LogP contribution in [0.5, 0.6) is 0 Å². The largest absolute Gasteiger partial charge is 0.426 e. The quantitative estimate of drug-likeness (QED) is 0.771. The van der Waals surface area contributed by atoms with Gasteiger partial charge < -0.3 is 5.11 Å². The molecule has 4 atom stereocenters. The number of aliphatic hydroxyl groups is 1. The van der Waals surface area contributed by atoms with Crippen molar-refractivity contribution >= 4 is 0 Å². The van der Waals surface area contributed by atoms with Gasteiger partial charge in [0.05, 0.1) is 0 Å². The van der Waals surface area contributed by atoms with Crippen molar-refractivity contribution in [1.29, 1.82) is 0 Å². The van der Waals surface area contributed by atoms with E-state index < -0.39 is 30.3 Å². The van der Waals surface area contributed by atoms with Crippen LogP contribution in [0.1, 0.15) is 39.5 Å². The average molecular weight is 304 g/mol. The number of alkyl halides is 6. The molecule has 0 aliphatic heterocycles. The Morgan fingerprint density at radius 2 is 1.55 bits per heavy atom. The molecular formula is C13H18F6O. The molecular weight excluding hydrogens is 286 g/mol. The molecule has 0 aromatic heterocycles. The zero-order valence-corrected chi connectivity index (χ0v) is 11.3. The minimum atomic E-state index is -5.69. The fourth-order valence-electron chi connectivity index (χ4n) is 4.46. The summed E-state index contributed by atoms with van der Waals surface area (Å²) in [6.45, 7) is 3.81. The standard InChI is InChI=1S/C13H18F6O/c1-3-9-8-6-10(9,2)4-7(8)5-11(20,12(14,15)16)13(17,18)19/h7-9,20H,3-6H2,1-2H3. The molecule has 118 valence electrons. The second kappa shape index (κ2) is 4.27. The van der Waals surface area contributed by atoms with Crippen molar-refractivity contribution in [2.45, 2.75) is 57.5 Å². The molecule has 4 unspecified atom stereocenters. The maximum atomic E-state index is 12.7. The van der Waals surface area contributed by atoms with E-state index in [-0.39, 0.29) is 17.3 Å². The minimum Gasteiger partial charge on any atom is -0.374 e. The van der Waals surface area contributed by atoms with E-state index >= 15 is 0 Å². The van der Waals surface area contributed by atoms with Gasteiger partial charge in [-0.1, -0.05) is 20.3 Å². The third-order valence-corrected chi connectivity index (χ3v) is 5.38. The number of halogens is 6. The molecule has 0 aromatic carbocycles. The van der Waals surface area contributed by atoms with Gasteiger partial charge in [-0.2, -0.15) is 26.3 Å². The lowest BCUT2D eigenvalue weighted by Crippen LogP contribution is -2.58. The van der Waals surface area contributed by atoms with Crippen molar-refractivity contribution in [2.75, 3.05) is 0 Å². The maximum absolute atomic E-state index is 12.7. The number of rotatable bonds is 3. The first-order chi connectivity index (χ1) is 8.86. The highest BCUT2D eigenvalue weighted by molar-refractivity contribution is 5.11. The van der Waals surface area contributed by atoms with Gasteiger partial charge in [-0.25, -0.2) is 0 Å². The highest BCUT2D eigenvalue weighted by Crippen LogP contribution is 2.68. The van der Waals surface area contributed by atoms with Crippen LogP contribution in [0.15, 0.2) is 0 Å². The summed E-state index contributed by atoms with van der Waals surface area (Å²) in [5.74, 6) is -0.655. The summed E-state index contributed by atoms with van der Waals surface area (Å²) in [5.41, 5.74) is -4.74. The van der Waals surface area contributed by atoms with Crippen LogP contribution in [0.3, 0.4) is 0 Å². The monoisotopic (exact) mass is 304 g/mol. The Hall–Kier alpha value is -0.460. The molecule has 3 aliphatic carbocycles. The summed E-state index contributed by atoms with van der Waals surface area (Å²) in [6, 6.07) is 0. The molecule has 7 heteroatoms. The Labute approximate surface area is 113 Å². The van der Waals surface area contributed by atoms with Gasteiger partial charge in [0.15, 0.2) is 0 Å². The predicted molar refractivity (Wildman–Crippen MR) is 59.8 cm³/mol. The Balaban J connectivity index is 2.20. The van der Waals surface area contributed by atoms with E-state index in [1.54, 1.807) is 0 Å². The molecule has 3 rings (SSSR count). The van der Waals surface area contributed by atoms with E-state index in [0.717, 1.165) is 6.42 Å². The zero-order chi connectivity index (χ0) is 15.6. The molecule has 1 nitrogen and oxygen atoms in total. The molecule has 20 heavy (non-hydrogen) atoms. The van der Waals surface area contributed by atoms with Gasteiger partial charge in [0.25, 0.3) is 5.60 Å². The van der Waals surface area contributed by atoms with Crippen LogP contribution >= 0.6 is 0 Å².